The van der Waals surface area contributed by atoms with E-state index in [4.69, 9.17) is 0 Å². The number of nitrogens with zero attached hydrogens (tertiary/aromatic N) is 4. The molecule has 0 aliphatic carbocycles. The highest BCUT2D eigenvalue weighted by molar-refractivity contribution is 6.09. The van der Waals surface area contributed by atoms with Gasteiger partial charge < -0.3 is 14.8 Å². The number of carbonyl (C=O) groups excluding carboxylic acids is 1. The summed E-state index contributed by atoms with van der Waals surface area (Å²) in [6.07, 6.45) is 4.64. The number of rotatable bonds is 6. The predicted molar refractivity (Wildman–Crippen MR) is 137 cm³/mol. The molecule has 1 aliphatic heterocycles. The lowest BCUT2D eigenvalue weighted by Gasteiger charge is -2.28. The highest BCUT2D eigenvalue weighted by Crippen LogP contribution is 2.34. The molecule has 1 fully saturated rings. The Labute approximate surface area is 208 Å². The summed E-state index contributed by atoms with van der Waals surface area (Å²) in [5, 5.41) is 24.1. The van der Waals surface area contributed by atoms with Crippen LogP contribution in [0.1, 0.15) is 36.2 Å². The molecular weight excluding hydrogens is 461 g/mol. The quantitative estimate of drug-likeness (QED) is 0.209. The van der Waals surface area contributed by atoms with Crippen LogP contribution in [0.3, 0.4) is 0 Å². The summed E-state index contributed by atoms with van der Waals surface area (Å²) in [4.78, 5) is 26.3. The molecule has 0 unspecified atom stereocenters. The molecule has 36 heavy (non-hydrogen) atoms. The number of hydrogen-bond acceptors (Lipinski definition) is 5. The van der Waals surface area contributed by atoms with Crippen LogP contribution in [0.2, 0.25) is 0 Å². The molecule has 1 aromatic heterocycles. The van der Waals surface area contributed by atoms with Crippen molar-refractivity contribution in [2.45, 2.75) is 33.1 Å². The number of hydrogen-bond donors (Lipinski definition) is 1. The largest absolute Gasteiger partial charge is 0.366 e. The number of amides is 1. The van der Waals surface area contributed by atoms with E-state index in [1.54, 1.807) is 12.1 Å². The van der Waals surface area contributed by atoms with Gasteiger partial charge in [0.2, 0.25) is 0 Å². The molecule has 9 heteroatoms. The molecule has 1 amide bonds. The molecule has 0 bridgehead atoms. The van der Waals surface area contributed by atoms with Crippen LogP contribution in [0.4, 0.5) is 21.5 Å². The van der Waals surface area contributed by atoms with Crippen LogP contribution >= 0.6 is 0 Å². The molecule has 0 spiro atoms. The summed E-state index contributed by atoms with van der Waals surface area (Å²) in [7, 11) is 0. The standard InChI is InChI=1S/C27H26FN5O3/c1-18-14-20(15-21(17-29)27(34)30-23-8-6-22(28)7-9-23)19(2)32(18)24-10-11-25(26(16-24)33(35)36)31-12-4-3-5-13-31/h6-11,14-16H,3-5,12-13H2,1-2H3,(H,30,34)/b21-15+. The van der Waals surface area contributed by atoms with Gasteiger partial charge in [0.1, 0.15) is 23.1 Å². The fourth-order valence-electron chi connectivity index (χ4n) is 4.57. The lowest BCUT2D eigenvalue weighted by molar-refractivity contribution is -0.384. The molecule has 2 heterocycles. The summed E-state index contributed by atoms with van der Waals surface area (Å²) >= 11 is 0. The van der Waals surface area contributed by atoms with Crippen LogP contribution in [0.25, 0.3) is 11.8 Å². The lowest BCUT2D eigenvalue weighted by Crippen LogP contribution is -2.30. The zero-order valence-electron chi connectivity index (χ0n) is 20.1. The second-order valence-electron chi connectivity index (χ2n) is 8.77. The van der Waals surface area contributed by atoms with Gasteiger partial charge in [-0.3, -0.25) is 14.9 Å². The summed E-state index contributed by atoms with van der Waals surface area (Å²) in [5.41, 5.74) is 3.73. The van der Waals surface area contributed by atoms with Crippen molar-refractivity contribution in [1.29, 1.82) is 5.26 Å². The van der Waals surface area contributed by atoms with Gasteiger partial charge in [0.15, 0.2) is 0 Å². The van der Waals surface area contributed by atoms with Crippen LogP contribution in [0, 0.1) is 41.1 Å². The van der Waals surface area contributed by atoms with E-state index < -0.39 is 11.7 Å². The molecule has 1 aliphatic rings. The third kappa shape index (κ3) is 5.13. The maximum Gasteiger partial charge on any atom is 0.294 e. The van der Waals surface area contributed by atoms with Crippen molar-refractivity contribution in [2.75, 3.05) is 23.3 Å². The second-order valence-corrected chi connectivity index (χ2v) is 8.77. The maximum atomic E-state index is 13.1. The summed E-state index contributed by atoms with van der Waals surface area (Å²) < 4.78 is 15.0. The Morgan fingerprint density at radius 2 is 1.81 bits per heavy atom. The zero-order chi connectivity index (χ0) is 25.8. The first-order chi connectivity index (χ1) is 17.3. The third-order valence-corrected chi connectivity index (χ3v) is 6.35. The number of aromatic nitrogens is 1. The van der Waals surface area contributed by atoms with E-state index in [1.807, 2.05) is 36.6 Å². The Kier molecular flexibility index (Phi) is 7.15. The Morgan fingerprint density at radius 3 is 2.44 bits per heavy atom. The minimum atomic E-state index is -0.615. The van der Waals surface area contributed by atoms with Crippen LogP contribution in [0.15, 0.2) is 54.1 Å². The van der Waals surface area contributed by atoms with E-state index in [1.165, 1.54) is 30.3 Å². The normalized spacial score (nSPS) is 13.8. The van der Waals surface area contributed by atoms with Crippen LogP contribution in [0.5, 0.6) is 0 Å². The lowest BCUT2D eigenvalue weighted by atomic mass is 10.1. The Hall–Kier alpha value is -4.45. The molecule has 0 atom stereocenters. The van der Waals surface area contributed by atoms with Crippen molar-refractivity contribution in [3.63, 3.8) is 0 Å². The van der Waals surface area contributed by atoms with E-state index >= 15 is 0 Å². The Morgan fingerprint density at radius 1 is 1.11 bits per heavy atom. The Balaban J connectivity index is 1.66. The van der Waals surface area contributed by atoms with E-state index in [2.05, 4.69) is 10.2 Å². The van der Waals surface area contributed by atoms with Crippen LogP contribution < -0.4 is 10.2 Å². The van der Waals surface area contributed by atoms with Crippen molar-refractivity contribution >= 4 is 29.0 Å². The fraction of sp³-hybridized carbons (Fsp3) is 0.259. The number of nitro benzene ring substituents is 1. The second kappa shape index (κ2) is 10.4. The highest BCUT2D eigenvalue weighted by atomic mass is 19.1. The number of nitrogens with one attached hydrogen (secondary N) is 1. The first kappa shape index (κ1) is 24.7. The van der Waals surface area contributed by atoms with E-state index in [9.17, 15) is 24.6 Å². The summed E-state index contributed by atoms with van der Waals surface area (Å²) in [6.45, 7) is 5.29. The topological polar surface area (TPSA) is 104 Å². The average Bonchev–Trinajstić information content (AvgIpc) is 3.16. The molecule has 0 saturated carbocycles. The average molecular weight is 488 g/mol. The van der Waals surface area contributed by atoms with E-state index in [0.29, 0.717) is 22.6 Å². The van der Waals surface area contributed by atoms with Gasteiger partial charge in [-0.05, 0) is 87.2 Å². The molecule has 4 rings (SSSR count). The molecule has 2 aromatic carbocycles. The van der Waals surface area contributed by atoms with Gasteiger partial charge in [-0.15, -0.1) is 0 Å². The van der Waals surface area contributed by atoms with Crippen molar-refractivity contribution < 1.29 is 14.1 Å². The number of nitriles is 1. The van der Waals surface area contributed by atoms with E-state index in [-0.39, 0.29) is 16.2 Å². The van der Waals surface area contributed by atoms with Gasteiger partial charge in [0.05, 0.1) is 10.6 Å². The predicted octanol–water partition coefficient (Wildman–Crippen LogP) is 5.68. The molecule has 8 nitrogen and oxygen atoms in total. The summed E-state index contributed by atoms with van der Waals surface area (Å²) in [5.74, 6) is -1.05. The maximum absolute atomic E-state index is 13.1. The van der Waals surface area contributed by atoms with Gasteiger partial charge in [-0.25, -0.2) is 4.39 Å². The minimum absolute atomic E-state index is 0.0513. The molecule has 1 N–H and O–H groups in total. The van der Waals surface area contributed by atoms with Gasteiger partial charge in [-0.1, -0.05) is 0 Å². The number of piperidine rings is 1. The number of nitro groups is 1. The molecular formula is C27H26FN5O3. The number of anilines is 2. The first-order valence-corrected chi connectivity index (χ1v) is 11.7. The van der Waals surface area contributed by atoms with Crippen molar-refractivity contribution in [2.24, 2.45) is 0 Å². The van der Waals surface area contributed by atoms with Gasteiger partial charge >= 0.3 is 0 Å². The number of benzene rings is 2. The number of halogens is 1. The third-order valence-electron chi connectivity index (χ3n) is 6.35. The van der Waals surface area contributed by atoms with Gasteiger partial charge in [-0.2, -0.15) is 5.26 Å². The molecule has 184 valence electrons. The van der Waals surface area contributed by atoms with E-state index in [0.717, 1.165) is 43.7 Å². The van der Waals surface area contributed by atoms with Gasteiger partial charge in [0, 0.05) is 36.2 Å². The summed E-state index contributed by atoms with van der Waals surface area (Å²) in [6, 6.07) is 14.2. The minimum Gasteiger partial charge on any atom is -0.366 e. The highest BCUT2D eigenvalue weighted by Gasteiger charge is 2.23. The SMILES string of the molecule is Cc1cc(/C=C(\C#N)C(=O)Nc2ccc(F)cc2)c(C)n1-c1ccc(N2CCCCC2)c([N+](=O)[O-])c1. The zero-order valence-corrected chi connectivity index (χ0v) is 20.1. The number of aryl methyl sites for hydroxylation is 1. The van der Waals surface area contributed by atoms with Crippen LogP contribution in [-0.4, -0.2) is 28.5 Å². The van der Waals surface area contributed by atoms with Crippen LogP contribution in [-0.2, 0) is 4.79 Å². The first-order valence-electron chi connectivity index (χ1n) is 11.7. The number of carbonyl (C=O) groups is 1. The monoisotopic (exact) mass is 487 g/mol. The van der Waals surface area contributed by atoms with Crippen molar-refractivity contribution in [3.8, 4) is 11.8 Å². The molecule has 1 saturated heterocycles. The smallest absolute Gasteiger partial charge is 0.294 e. The van der Waals surface area contributed by atoms with Crippen molar-refractivity contribution in [3.05, 3.63) is 87.0 Å². The molecule has 3 aromatic rings. The Bertz CT molecular complexity index is 1380. The van der Waals surface area contributed by atoms with Gasteiger partial charge in [0.25, 0.3) is 11.6 Å². The van der Waals surface area contributed by atoms with Crippen molar-refractivity contribution in [1.82, 2.24) is 4.57 Å². The fourth-order valence-corrected chi connectivity index (χ4v) is 4.57. The molecule has 0 radical (unpaired) electrons.